The fourth-order valence-electron chi connectivity index (χ4n) is 1.54. The summed E-state index contributed by atoms with van der Waals surface area (Å²) in [6.07, 6.45) is 1.53. The van der Waals surface area contributed by atoms with E-state index in [-0.39, 0.29) is 5.91 Å². The second-order valence-corrected chi connectivity index (χ2v) is 3.63. The summed E-state index contributed by atoms with van der Waals surface area (Å²) in [5.41, 5.74) is 0.368. The average Bonchev–Trinajstić information content (AvgIpc) is 2.47. The summed E-state index contributed by atoms with van der Waals surface area (Å²) in [7, 11) is 3.03. The highest BCUT2D eigenvalue weighted by Crippen LogP contribution is 2.24. The van der Waals surface area contributed by atoms with E-state index < -0.39 is 0 Å². The zero-order valence-corrected chi connectivity index (χ0v) is 10.6. The van der Waals surface area contributed by atoms with Crippen molar-refractivity contribution in [3.8, 4) is 11.5 Å². The largest absolute Gasteiger partial charge is 0.497 e. The zero-order chi connectivity index (χ0) is 13.7. The maximum atomic E-state index is 12.1. The van der Waals surface area contributed by atoms with Gasteiger partial charge in [0, 0.05) is 6.20 Å². The number of anilines is 1. The molecule has 19 heavy (non-hydrogen) atoms. The molecule has 1 aromatic carbocycles. The Morgan fingerprint density at radius 1 is 1.21 bits per heavy atom. The quantitative estimate of drug-likeness (QED) is 0.905. The molecule has 2 aromatic rings. The van der Waals surface area contributed by atoms with Crippen LogP contribution in [0.15, 0.2) is 36.5 Å². The van der Waals surface area contributed by atoms with Crippen LogP contribution in [-0.4, -0.2) is 30.3 Å². The molecule has 0 aliphatic carbocycles. The fraction of sp³-hybridized carbons (Fsp3) is 0.154. The van der Waals surface area contributed by atoms with E-state index in [1.807, 2.05) is 0 Å². The highest BCUT2D eigenvalue weighted by Gasteiger charge is 2.14. The highest BCUT2D eigenvalue weighted by molar-refractivity contribution is 6.06. The molecule has 0 fully saturated rings. The smallest absolute Gasteiger partial charge is 0.260 e. The Balaban J connectivity index is 2.27. The third kappa shape index (κ3) is 2.98. The van der Waals surface area contributed by atoms with Gasteiger partial charge in [-0.3, -0.25) is 4.79 Å². The molecule has 1 heterocycles. The van der Waals surface area contributed by atoms with Crippen molar-refractivity contribution in [2.45, 2.75) is 0 Å². The van der Waals surface area contributed by atoms with Crippen molar-refractivity contribution in [3.63, 3.8) is 0 Å². The van der Waals surface area contributed by atoms with Crippen LogP contribution in [0.4, 0.5) is 5.82 Å². The number of nitrogens with one attached hydrogen (secondary N) is 1. The average molecular weight is 259 g/mol. The van der Waals surface area contributed by atoms with E-state index in [0.717, 1.165) is 0 Å². The number of hydrogen-bond acceptors (Lipinski definition) is 5. The van der Waals surface area contributed by atoms with Crippen molar-refractivity contribution in [1.82, 2.24) is 10.2 Å². The van der Waals surface area contributed by atoms with Crippen LogP contribution in [0.5, 0.6) is 11.5 Å². The topological polar surface area (TPSA) is 73.3 Å². The molecule has 6 heteroatoms. The molecule has 0 radical (unpaired) electrons. The predicted molar refractivity (Wildman–Crippen MR) is 69.5 cm³/mol. The number of ether oxygens (including phenoxy) is 2. The monoisotopic (exact) mass is 259 g/mol. The number of carbonyl (C=O) groups is 1. The lowest BCUT2D eigenvalue weighted by Gasteiger charge is -2.10. The minimum Gasteiger partial charge on any atom is -0.497 e. The van der Waals surface area contributed by atoms with Crippen LogP contribution < -0.4 is 14.8 Å². The van der Waals surface area contributed by atoms with Crippen molar-refractivity contribution in [3.05, 3.63) is 42.1 Å². The van der Waals surface area contributed by atoms with Crippen molar-refractivity contribution in [1.29, 1.82) is 0 Å². The molecular weight excluding hydrogens is 246 g/mol. The summed E-state index contributed by atoms with van der Waals surface area (Å²) in [6.45, 7) is 0. The summed E-state index contributed by atoms with van der Waals surface area (Å²) in [6, 6.07) is 8.33. The van der Waals surface area contributed by atoms with Gasteiger partial charge in [-0.15, -0.1) is 5.10 Å². The second kappa shape index (κ2) is 5.81. The molecule has 98 valence electrons. The Morgan fingerprint density at radius 2 is 2.05 bits per heavy atom. The summed E-state index contributed by atoms with van der Waals surface area (Å²) >= 11 is 0. The van der Waals surface area contributed by atoms with Crippen LogP contribution in [0.1, 0.15) is 10.4 Å². The van der Waals surface area contributed by atoms with Gasteiger partial charge in [-0.1, -0.05) is 0 Å². The van der Waals surface area contributed by atoms with Crippen LogP contribution in [0.2, 0.25) is 0 Å². The van der Waals surface area contributed by atoms with E-state index in [1.54, 1.807) is 30.3 Å². The molecule has 0 unspecified atom stereocenters. The molecule has 0 bridgehead atoms. The first kappa shape index (κ1) is 12.8. The molecule has 1 amide bonds. The summed E-state index contributed by atoms with van der Waals surface area (Å²) in [5, 5.41) is 10.1. The van der Waals surface area contributed by atoms with E-state index in [0.29, 0.717) is 22.9 Å². The zero-order valence-electron chi connectivity index (χ0n) is 10.6. The lowest BCUT2D eigenvalue weighted by atomic mass is 10.1. The number of aromatic nitrogens is 2. The van der Waals surface area contributed by atoms with Crippen LogP contribution in [0.25, 0.3) is 0 Å². The first-order valence-corrected chi connectivity index (χ1v) is 5.55. The van der Waals surface area contributed by atoms with E-state index in [4.69, 9.17) is 9.47 Å². The maximum absolute atomic E-state index is 12.1. The van der Waals surface area contributed by atoms with Crippen molar-refractivity contribution < 1.29 is 14.3 Å². The van der Waals surface area contributed by atoms with Gasteiger partial charge in [-0.05, 0) is 30.3 Å². The lowest BCUT2D eigenvalue weighted by Crippen LogP contribution is -2.14. The molecule has 0 saturated heterocycles. The van der Waals surface area contributed by atoms with Crippen LogP contribution in [-0.2, 0) is 0 Å². The maximum Gasteiger partial charge on any atom is 0.260 e. The molecule has 1 aromatic heterocycles. The van der Waals surface area contributed by atoms with Crippen molar-refractivity contribution in [2.75, 3.05) is 19.5 Å². The molecule has 0 atom stereocenters. The Kier molecular flexibility index (Phi) is 3.92. The first-order valence-electron chi connectivity index (χ1n) is 5.55. The SMILES string of the molecule is COc1ccc(OC)c(C(=O)Nc2cccnn2)c1. The minimum atomic E-state index is -0.337. The number of rotatable bonds is 4. The van der Waals surface area contributed by atoms with Crippen molar-refractivity contribution >= 4 is 11.7 Å². The van der Waals surface area contributed by atoms with Crippen LogP contribution in [0, 0.1) is 0 Å². The van der Waals surface area contributed by atoms with Gasteiger partial charge in [-0.2, -0.15) is 5.10 Å². The standard InChI is InChI=1S/C13H13N3O3/c1-18-9-5-6-11(19-2)10(8-9)13(17)15-12-4-3-7-14-16-12/h3-8H,1-2H3,(H,15,16,17). The van der Waals surface area contributed by atoms with Crippen LogP contribution >= 0.6 is 0 Å². The Morgan fingerprint density at radius 3 is 2.68 bits per heavy atom. The lowest BCUT2D eigenvalue weighted by molar-refractivity contribution is 0.102. The van der Waals surface area contributed by atoms with E-state index >= 15 is 0 Å². The highest BCUT2D eigenvalue weighted by atomic mass is 16.5. The van der Waals surface area contributed by atoms with Gasteiger partial charge in [0.05, 0.1) is 19.8 Å². The van der Waals surface area contributed by atoms with Gasteiger partial charge in [0.25, 0.3) is 5.91 Å². The normalized spacial score (nSPS) is 9.79. The first-order chi connectivity index (χ1) is 9.24. The Hall–Kier alpha value is -2.63. The number of nitrogens with zero attached hydrogens (tertiary/aromatic N) is 2. The number of hydrogen-bond donors (Lipinski definition) is 1. The number of carbonyl (C=O) groups excluding carboxylic acids is 1. The number of amides is 1. The molecule has 0 aliphatic heterocycles. The number of methoxy groups -OCH3 is 2. The summed E-state index contributed by atoms with van der Waals surface area (Å²) < 4.78 is 10.2. The van der Waals surface area contributed by atoms with E-state index in [2.05, 4.69) is 15.5 Å². The van der Waals surface area contributed by atoms with Gasteiger partial charge in [0.15, 0.2) is 5.82 Å². The van der Waals surface area contributed by atoms with Gasteiger partial charge in [-0.25, -0.2) is 0 Å². The molecule has 6 nitrogen and oxygen atoms in total. The fourth-order valence-corrected chi connectivity index (χ4v) is 1.54. The van der Waals surface area contributed by atoms with E-state index in [1.165, 1.54) is 20.4 Å². The van der Waals surface area contributed by atoms with Gasteiger partial charge >= 0.3 is 0 Å². The molecular formula is C13H13N3O3. The van der Waals surface area contributed by atoms with Crippen LogP contribution in [0.3, 0.4) is 0 Å². The van der Waals surface area contributed by atoms with E-state index in [9.17, 15) is 4.79 Å². The summed E-state index contributed by atoms with van der Waals surface area (Å²) in [5.74, 6) is 1.07. The van der Waals surface area contributed by atoms with Gasteiger partial charge < -0.3 is 14.8 Å². The van der Waals surface area contributed by atoms with Gasteiger partial charge in [0.2, 0.25) is 0 Å². The molecule has 1 N–H and O–H groups in total. The van der Waals surface area contributed by atoms with Crippen molar-refractivity contribution in [2.24, 2.45) is 0 Å². The molecule has 0 spiro atoms. The molecule has 0 aliphatic rings. The number of benzene rings is 1. The molecule has 0 saturated carbocycles. The Labute approximate surface area is 110 Å². The second-order valence-electron chi connectivity index (χ2n) is 3.63. The Bertz CT molecular complexity index is 573. The predicted octanol–water partition coefficient (Wildman–Crippen LogP) is 1.75. The third-order valence-corrected chi connectivity index (χ3v) is 2.47. The minimum absolute atomic E-state index is 0.337. The molecule has 2 rings (SSSR count). The van der Waals surface area contributed by atoms with Gasteiger partial charge in [0.1, 0.15) is 11.5 Å². The third-order valence-electron chi connectivity index (χ3n) is 2.47. The summed E-state index contributed by atoms with van der Waals surface area (Å²) in [4.78, 5) is 12.1.